The van der Waals surface area contributed by atoms with E-state index in [1.807, 2.05) is 61.6 Å². The van der Waals surface area contributed by atoms with Crippen LogP contribution in [0.25, 0.3) is 0 Å². The molecule has 5 N–H and O–H groups in total. The van der Waals surface area contributed by atoms with Gasteiger partial charge >= 0.3 is 0 Å². The monoisotopic (exact) mass is 384 g/mol. The standard InChI is InChI=1S/C7H8N2.C7H9NO.C6H7NO.CH4O/c8-6-9-7-4-2-1-3-5-7;1-8-6-2-4-7(9)5-3-6;1-7-5-6-3-2-4-8-6;1-2/h1-6H,(H2,8,9);2-5,8-9H,1H3;2-4H,1,5H2;2H,1H3. The average Bonchev–Trinajstić information content (AvgIpc) is 3.26. The van der Waals surface area contributed by atoms with Gasteiger partial charge in [0.15, 0.2) is 0 Å². The Hall–Kier alpha value is -3.58. The van der Waals surface area contributed by atoms with E-state index in [0.717, 1.165) is 24.2 Å². The van der Waals surface area contributed by atoms with Gasteiger partial charge in [0, 0.05) is 19.8 Å². The SMILES string of the molecule is C=NCc1ccco1.CNc1ccc(O)cc1.CO.NC=Nc1ccccc1. The van der Waals surface area contributed by atoms with Gasteiger partial charge in [-0.05, 0) is 55.2 Å². The summed E-state index contributed by atoms with van der Waals surface area (Å²) in [5, 5.41) is 18.8. The number of benzene rings is 2. The zero-order chi connectivity index (χ0) is 21.0. The molecule has 0 saturated carbocycles. The Morgan fingerprint density at radius 3 is 2.14 bits per heavy atom. The highest BCUT2D eigenvalue weighted by Gasteiger charge is 1.87. The first-order chi connectivity index (χ1) is 13.7. The number of nitrogens with one attached hydrogen (secondary N) is 1. The van der Waals surface area contributed by atoms with Crippen molar-refractivity contribution in [3.8, 4) is 5.75 Å². The average molecular weight is 384 g/mol. The molecule has 0 aliphatic heterocycles. The molecule has 1 heterocycles. The van der Waals surface area contributed by atoms with Gasteiger partial charge in [0.1, 0.15) is 11.5 Å². The summed E-state index contributed by atoms with van der Waals surface area (Å²) in [6, 6.07) is 20.2. The molecule has 1 aromatic heterocycles. The van der Waals surface area contributed by atoms with Crippen molar-refractivity contribution in [2.75, 3.05) is 19.5 Å². The number of phenols is 1. The number of furan rings is 1. The highest BCUT2D eigenvalue weighted by Crippen LogP contribution is 2.12. The van der Waals surface area contributed by atoms with Gasteiger partial charge in [-0.25, -0.2) is 4.99 Å². The van der Waals surface area contributed by atoms with Gasteiger partial charge in [-0.2, -0.15) is 0 Å². The first-order valence-electron chi connectivity index (χ1n) is 8.35. The van der Waals surface area contributed by atoms with Crippen molar-refractivity contribution >= 4 is 24.4 Å². The fourth-order valence-electron chi connectivity index (χ4n) is 1.74. The van der Waals surface area contributed by atoms with Crippen molar-refractivity contribution in [2.45, 2.75) is 6.54 Å². The molecule has 0 saturated heterocycles. The van der Waals surface area contributed by atoms with Crippen LogP contribution in [0.2, 0.25) is 0 Å². The molecule has 0 unspecified atom stereocenters. The van der Waals surface area contributed by atoms with Gasteiger partial charge in [-0.1, -0.05) is 18.2 Å². The van der Waals surface area contributed by atoms with Crippen molar-refractivity contribution in [2.24, 2.45) is 15.7 Å². The number of para-hydroxylation sites is 1. The number of aromatic hydroxyl groups is 1. The lowest BCUT2D eigenvalue weighted by Gasteiger charge is -1.96. The Morgan fingerprint density at radius 1 is 1.04 bits per heavy atom. The third-order valence-corrected chi connectivity index (χ3v) is 2.98. The molecule has 3 aromatic rings. The molecule has 0 radical (unpaired) electrons. The lowest BCUT2D eigenvalue weighted by molar-refractivity contribution is 0.399. The van der Waals surface area contributed by atoms with Gasteiger partial charge in [0.2, 0.25) is 0 Å². The summed E-state index contributed by atoms with van der Waals surface area (Å²) in [6.45, 7) is 3.90. The fraction of sp³-hybridized carbons (Fsp3) is 0.143. The molecule has 2 aromatic carbocycles. The third-order valence-electron chi connectivity index (χ3n) is 2.98. The van der Waals surface area contributed by atoms with Crippen molar-refractivity contribution in [3.05, 3.63) is 78.8 Å². The molecule has 0 aliphatic carbocycles. The van der Waals surface area contributed by atoms with E-state index in [0.29, 0.717) is 12.3 Å². The van der Waals surface area contributed by atoms with E-state index in [1.165, 1.54) is 6.34 Å². The predicted octanol–water partition coefficient (Wildman–Crippen LogP) is 3.83. The molecule has 0 spiro atoms. The Balaban J connectivity index is 0.000000374. The molecular formula is C21H28N4O3. The second-order valence-corrected chi connectivity index (χ2v) is 4.87. The van der Waals surface area contributed by atoms with Gasteiger partial charge in [0.05, 0.1) is 24.8 Å². The van der Waals surface area contributed by atoms with Crippen molar-refractivity contribution in [1.29, 1.82) is 0 Å². The fourth-order valence-corrected chi connectivity index (χ4v) is 1.74. The number of aliphatic imine (C=N–C) groups is 2. The van der Waals surface area contributed by atoms with Crippen molar-refractivity contribution in [3.63, 3.8) is 0 Å². The van der Waals surface area contributed by atoms with Gasteiger partial charge < -0.3 is 25.7 Å². The van der Waals surface area contributed by atoms with E-state index < -0.39 is 0 Å². The number of aliphatic hydroxyl groups excluding tert-OH is 1. The summed E-state index contributed by atoms with van der Waals surface area (Å²) in [4.78, 5) is 7.49. The maximum Gasteiger partial charge on any atom is 0.125 e. The number of hydrogen-bond donors (Lipinski definition) is 4. The van der Waals surface area contributed by atoms with Crippen molar-refractivity contribution < 1.29 is 14.6 Å². The van der Waals surface area contributed by atoms with E-state index in [-0.39, 0.29) is 0 Å². The summed E-state index contributed by atoms with van der Waals surface area (Å²) in [6.07, 6.45) is 2.91. The molecule has 7 heteroatoms. The van der Waals surface area contributed by atoms with Gasteiger partial charge in [-0.3, -0.25) is 4.99 Å². The molecule has 3 rings (SSSR count). The van der Waals surface area contributed by atoms with Crippen molar-refractivity contribution in [1.82, 2.24) is 0 Å². The number of hydrogen-bond acceptors (Lipinski definition) is 6. The maximum absolute atomic E-state index is 8.82. The third kappa shape index (κ3) is 11.9. The highest BCUT2D eigenvalue weighted by atomic mass is 16.3. The minimum atomic E-state index is 0.300. The van der Waals surface area contributed by atoms with Gasteiger partial charge in [0.25, 0.3) is 0 Å². The molecule has 0 atom stereocenters. The summed E-state index contributed by atoms with van der Waals surface area (Å²) in [5.41, 5.74) is 6.96. The van der Waals surface area contributed by atoms with E-state index >= 15 is 0 Å². The smallest absolute Gasteiger partial charge is 0.125 e. The highest BCUT2D eigenvalue weighted by molar-refractivity contribution is 5.58. The summed E-state index contributed by atoms with van der Waals surface area (Å²) in [5.74, 6) is 1.16. The molecule has 0 fully saturated rings. The summed E-state index contributed by atoms with van der Waals surface area (Å²) in [7, 11) is 2.84. The number of aliphatic hydroxyl groups is 1. The Kier molecular flexibility index (Phi) is 14.7. The molecule has 150 valence electrons. The zero-order valence-electron chi connectivity index (χ0n) is 16.2. The van der Waals surface area contributed by atoms with E-state index in [2.05, 4.69) is 22.0 Å². The number of anilines is 1. The number of nitrogens with zero attached hydrogens (tertiary/aromatic N) is 2. The molecule has 0 bridgehead atoms. The van der Waals surface area contributed by atoms with Crippen LogP contribution in [0.15, 0.2) is 87.4 Å². The maximum atomic E-state index is 8.82. The predicted molar refractivity (Wildman–Crippen MR) is 117 cm³/mol. The van der Waals surface area contributed by atoms with E-state index in [1.54, 1.807) is 18.4 Å². The van der Waals surface area contributed by atoms with Crippen LogP contribution in [0.4, 0.5) is 11.4 Å². The lowest BCUT2D eigenvalue weighted by atomic mass is 10.3. The first kappa shape index (κ1) is 24.4. The Bertz CT molecular complexity index is 743. The quantitative estimate of drug-likeness (QED) is 0.310. The number of phenolic OH excluding ortho intramolecular Hbond substituents is 1. The van der Waals surface area contributed by atoms with Crippen LogP contribution < -0.4 is 11.1 Å². The van der Waals surface area contributed by atoms with Crippen LogP contribution in [0.5, 0.6) is 5.75 Å². The van der Waals surface area contributed by atoms with Crippen LogP contribution in [0, 0.1) is 0 Å². The largest absolute Gasteiger partial charge is 0.508 e. The minimum absolute atomic E-state index is 0.300. The molecule has 7 nitrogen and oxygen atoms in total. The van der Waals surface area contributed by atoms with Crippen LogP contribution in [0.1, 0.15) is 5.76 Å². The van der Waals surface area contributed by atoms with E-state index in [9.17, 15) is 0 Å². The second-order valence-electron chi connectivity index (χ2n) is 4.87. The van der Waals surface area contributed by atoms with Crippen LogP contribution in [-0.2, 0) is 6.54 Å². The summed E-state index contributed by atoms with van der Waals surface area (Å²) < 4.78 is 4.94. The molecule has 0 aliphatic rings. The van der Waals surface area contributed by atoms with Gasteiger partial charge in [-0.15, -0.1) is 0 Å². The Morgan fingerprint density at radius 2 is 1.68 bits per heavy atom. The topological polar surface area (TPSA) is 116 Å². The molecule has 0 amide bonds. The second kappa shape index (κ2) is 16.9. The van der Waals surface area contributed by atoms with Crippen LogP contribution >= 0.6 is 0 Å². The normalized spacial score (nSPS) is 8.96. The molecule has 28 heavy (non-hydrogen) atoms. The number of nitrogens with two attached hydrogens (primary N) is 1. The summed E-state index contributed by atoms with van der Waals surface area (Å²) >= 11 is 0. The zero-order valence-corrected chi connectivity index (χ0v) is 16.2. The Labute approximate surface area is 165 Å². The van der Waals surface area contributed by atoms with E-state index in [4.69, 9.17) is 20.4 Å². The van der Waals surface area contributed by atoms with Crippen LogP contribution in [0.3, 0.4) is 0 Å². The lowest BCUT2D eigenvalue weighted by Crippen LogP contribution is -1.85. The number of rotatable bonds is 4. The minimum Gasteiger partial charge on any atom is -0.508 e. The van der Waals surface area contributed by atoms with Crippen LogP contribution in [-0.4, -0.2) is 37.4 Å². The molecular weight excluding hydrogens is 356 g/mol. The first-order valence-corrected chi connectivity index (χ1v) is 8.35.